The molecule has 0 bridgehead atoms. The first-order valence-electron chi connectivity index (χ1n) is 20.9. The lowest BCUT2D eigenvalue weighted by atomic mass is 9.83. The van der Waals surface area contributed by atoms with Crippen molar-refractivity contribution in [3.63, 3.8) is 0 Å². The molecule has 11 nitrogen and oxygen atoms in total. The van der Waals surface area contributed by atoms with E-state index in [0.29, 0.717) is 26.2 Å². The monoisotopic (exact) mass is 843 g/mol. The number of thiazole rings is 1. The molecule has 0 saturated carbocycles. The minimum atomic E-state index is -1.21. The Kier molecular flexibility index (Phi) is 14.8. The third-order valence-electron chi connectivity index (χ3n) is 10.7. The summed E-state index contributed by atoms with van der Waals surface area (Å²) >= 11 is 1.39. The van der Waals surface area contributed by atoms with Crippen molar-refractivity contribution in [3.05, 3.63) is 122 Å². The molecular weight excluding hydrogens is 787 g/mol. The van der Waals surface area contributed by atoms with Crippen molar-refractivity contribution in [2.24, 2.45) is 0 Å². The Hall–Kier alpha value is -6.01. The van der Waals surface area contributed by atoms with Crippen molar-refractivity contribution in [2.75, 3.05) is 18.0 Å². The number of hydrazine groups is 1. The number of nitrogens with zero attached hydrogens (tertiary/aromatic N) is 5. The number of amides is 6. The molecule has 1 aromatic heterocycles. The maximum atomic E-state index is 15.0. The van der Waals surface area contributed by atoms with Gasteiger partial charge in [-0.3, -0.25) is 33.7 Å². The van der Waals surface area contributed by atoms with E-state index in [4.69, 9.17) is 4.98 Å². The van der Waals surface area contributed by atoms with Crippen molar-refractivity contribution in [1.82, 2.24) is 19.9 Å². The van der Waals surface area contributed by atoms with E-state index < -0.39 is 41.0 Å². The van der Waals surface area contributed by atoms with Crippen molar-refractivity contribution >= 4 is 58.0 Å². The summed E-state index contributed by atoms with van der Waals surface area (Å²) in [5, 5.41) is 1.67. The van der Waals surface area contributed by atoms with Crippen LogP contribution in [0, 0.1) is 13.8 Å². The van der Waals surface area contributed by atoms with Gasteiger partial charge < -0.3 is 4.90 Å². The molecule has 0 aliphatic carbocycles. The Balaban J connectivity index is 1.82. The number of imide groups is 3. The van der Waals surface area contributed by atoms with Gasteiger partial charge >= 0.3 is 0 Å². The summed E-state index contributed by atoms with van der Waals surface area (Å²) in [5.74, 6) is -5.68. The average molecular weight is 844 g/mol. The van der Waals surface area contributed by atoms with Crippen LogP contribution in [-0.4, -0.2) is 68.4 Å². The van der Waals surface area contributed by atoms with Gasteiger partial charge in [-0.05, 0) is 85.1 Å². The van der Waals surface area contributed by atoms with E-state index in [9.17, 15) is 28.8 Å². The number of benzene rings is 3. The van der Waals surface area contributed by atoms with Crippen LogP contribution in [0.1, 0.15) is 119 Å². The van der Waals surface area contributed by atoms with Gasteiger partial charge in [0.25, 0.3) is 23.6 Å². The molecule has 0 atom stereocenters. The van der Waals surface area contributed by atoms with Crippen LogP contribution in [0.3, 0.4) is 0 Å². The van der Waals surface area contributed by atoms with Gasteiger partial charge in [0.2, 0.25) is 11.8 Å². The van der Waals surface area contributed by atoms with Crippen LogP contribution in [0.5, 0.6) is 0 Å². The predicted octanol–water partition coefficient (Wildman–Crippen LogP) is 9.38. The van der Waals surface area contributed by atoms with E-state index in [1.807, 2.05) is 13.8 Å². The minimum absolute atomic E-state index is 0.00234. The fraction of sp³-hybridized carbons (Fsp3) is 0.367. The highest BCUT2D eigenvalue weighted by atomic mass is 32.1. The SMILES string of the molecule is CCCCN(CCCC)c1nc(-c2c(C)cc(C(C)(C)C)cc2C)c(/C=C2\C(=O)N(N(C(C)=O)C(=O)c3ccccc3)C(=O)C(C(=O)N(Cc3ccccc3)C(C)=O)=C2C)s1. The molecule has 320 valence electrons. The van der Waals surface area contributed by atoms with Crippen LogP contribution < -0.4 is 4.90 Å². The van der Waals surface area contributed by atoms with Gasteiger partial charge in [-0.2, -0.15) is 10.0 Å². The Labute approximate surface area is 363 Å². The van der Waals surface area contributed by atoms with Gasteiger partial charge in [0.05, 0.1) is 17.1 Å². The molecule has 0 spiro atoms. The fourth-order valence-electron chi connectivity index (χ4n) is 7.31. The number of carbonyl (C=O) groups is 6. The van der Waals surface area contributed by atoms with E-state index >= 15 is 0 Å². The van der Waals surface area contributed by atoms with Gasteiger partial charge in [0, 0.05) is 43.6 Å². The second-order valence-electron chi connectivity index (χ2n) is 16.5. The van der Waals surface area contributed by atoms with E-state index in [2.05, 4.69) is 51.7 Å². The zero-order valence-corrected chi connectivity index (χ0v) is 37.9. The molecule has 0 fully saturated rings. The molecule has 1 aliphatic rings. The quantitative estimate of drug-likeness (QED) is 0.0698. The van der Waals surface area contributed by atoms with Crippen molar-refractivity contribution in [2.45, 2.75) is 107 Å². The van der Waals surface area contributed by atoms with E-state index in [0.717, 1.165) is 78.0 Å². The molecule has 4 aromatic rings. The molecule has 5 rings (SSSR count). The summed E-state index contributed by atoms with van der Waals surface area (Å²) in [6, 6.07) is 20.9. The van der Waals surface area contributed by atoms with E-state index in [-0.39, 0.29) is 28.7 Å². The summed E-state index contributed by atoms with van der Waals surface area (Å²) in [6.45, 7) is 20.0. The van der Waals surface area contributed by atoms with Crippen LogP contribution in [0.15, 0.2) is 89.5 Å². The number of anilines is 1. The normalized spacial score (nSPS) is 13.8. The summed E-state index contributed by atoms with van der Waals surface area (Å²) in [7, 11) is 0. The Bertz CT molecular complexity index is 2360. The largest absolute Gasteiger partial charge is 0.348 e. The van der Waals surface area contributed by atoms with E-state index in [1.165, 1.54) is 37.3 Å². The lowest BCUT2D eigenvalue weighted by Gasteiger charge is -2.36. The predicted molar refractivity (Wildman–Crippen MR) is 241 cm³/mol. The lowest BCUT2D eigenvalue weighted by molar-refractivity contribution is -0.164. The van der Waals surface area contributed by atoms with Gasteiger partial charge in [0.15, 0.2) is 5.13 Å². The highest BCUT2D eigenvalue weighted by molar-refractivity contribution is 7.17. The Morgan fingerprint density at radius 3 is 1.84 bits per heavy atom. The fourth-order valence-corrected chi connectivity index (χ4v) is 8.38. The molecule has 2 heterocycles. The van der Waals surface area contributed by atoms with Gasteiger partial charge in [-0.15, -0.1) is 0 Å². The van der Waals surface area contributed by atoms with Crippen LogP contribution in [0.2, 0.25) is 0 Å². The number of unbranched alkanes of at least 4 members (excludes halogenated alkanes) is 2. The summed E-state index contributed by atoms with van der Waals surface area (Å²) in [5.41, 5.74) is 4.55. The standard InChI is InChI=1S/C49H57N5O6S/c1-11-13-25-51(26-14-12-2)48-50-43(41-31(3)27-38(28-32(41)4)49(8,9)10)40(61-48)29-39-33(5)42(46(59)52(34(6)55)30-36-21-17-15-18-22-36)47(60)54(45(39)58)53(35(7)56)44(57)37-23-19-16-20-24-37/h15-24,27-29H,11-14,25-26,30H2,1-10H3/b39-29-. The maximum absolute atomic E-state index is 15.0. The molecule has 0 saturated heterocycles. The van der Waals surface area contributed by atoms with E-state index in [1.54, 1.807) is 54.6 Å². The number of aryl methyl sites for hydroxylation is 2. The van der Waals surface area contributed by atoms with Crippen LogP contribution >= 0.6 is 11.3 Å². The second kappa shape index (κ2) is 19.6. The third-order valence-corrected chi connectivity index (χ3v) is 11.8. The zero-order valence-electron chi connectivity index (χ0n) is 37.0. The van der Waals surface area contributed by atoms with Gasteiger partial charge in [-0.25, -0.2) is 4.98 Å². The van der Waals surface area contributed by atoms with Crippen LogP contribution in [0.25, 0.3) is 17.3 Å². The summed E-state index contributed by atoms with van der Waals surface area (Å²) in [6.07, 6.45) is 5.47. The first kappa shape index (κ1) is 46.1. The van der Waals surface area contributed by atoms with Crippen LogP contribution in [-0.2, 0) is 35.9 Å². The third kappa shape index (κ3) is 10.1. The number of aromatic nitrogens is 1. The first-order chi connectivity index (χ1) is 28.9. The molecule has 3 aromatic carbocycles. The first-order valence-corrected chi connectivity index (χ1v) is 21.7. The van der Waals surface area contributed by atoms with Crippen LogP contribution in [0.4, 0.5) is 5.13 Å². The Morgan fingerprint density at radius 1 is 0.770 bits per heavy atom. The highest BCUT2D eigenvalue weighted by Gasteiger charge is 2.46. The lowest BCUT2D eigenvalue weighted by Crippen LogP contribution is -2.58. The highest BCUT2D eigenvalue weighted by Crippen LogP contribution is 2.41. The Morgan fingerprint density at radius 2 is 1.33 bits per heavy atom. The van der Waals surface area contributed by atoms with Crippen molar-refractivity contribution in [1.29, 1.82) is 0 Å². The van der Waals surface area contributed by atoms with Gasteiger partial charge in [-0.1, -0.05) is 119 Å². The molecule has 12 heteroatoms. The second-order valence-corrected chi connectivity index (χ2v) is 17.5. The number of hydrogen-bond acceptors (Lipinski definition) is 9. The molecule has 0 radical (unpaired) electrons. The molecule has 1 aliphatic heterocycles. The average Bonchev–Trinajstić information content (AvgIpc) is 3.62. The maximum Gasteiger partial charge on any atom is 0.286 e. The van der Waals surface area contributed by atoms with Crippen molar-refractivity contribution < 1.29 is 28.8 Å². The number of hydrogen-bond donors (Lipinski definition) is 0. The number of rotatable bonds is 14. The smallest absolute Gasteiger partial charge is 0.286 e. The summed E-state index contributed by atoms with van der Waals surface area (Å²) < 4.78 is 0. The molecule has 0 N–H and O–H groups in total. The topological polar surface area (TPSA) is 128 Å². The van der Waals surface area contributed by atoms with Gasteiger partial charge in [0.1, 0.15) is 5.57 Å². The number of carbonyl (C=O) groups excluding carboxylic acids is 6. The molecular formula is C49H57N5O6S. The summed E-state index contributed by atoms with van der Waals surface area (Å²) in [4.78, 5) is 94.3. The van der Waals surface area contributed by atoms with Crippen molar-refractivity contribution in [3.8, 4) is 11.3 Å². The molecule has 6 amide bonds. The molecule has 61 heavy (non-hydrogen) atoms. The minimum Gasteiger partial charge on any atom is -0.348 e. The molecule has 0 unspecified atom stereocenters. The zero-order chi connectivity index (χ0) is 44.8.